The van der Waals surface area contributed by atoms with E-state index < -0.39 is 5.97 Å². The number of thiophene rings is 1. The number of hydrogen-bond donors (Lipinski definition) is 1. The molecule has 1 rings (SSSR count). The smallest absolute Gasteiger partial charge is 0.345 e. The lowest BCUT2D eigenvalue weighted by molar-refractivity contribution is 0.000981. The number of carbonyl (C=O) groups is 1. The third-order valence-electron chi connectivity index (χ3n) is 1.63. The molecule has 1 aromatic rings. The van der Waals surface area contributed by atoms with Crippen molar-refractivity contribution in [3.63, 3.8) is 0 Å². The second kappa shape index (κ2) is 4.65. The van der Waals surface area contributed by atoms with Crippen molar-refractivity contribution in [3.05, 3.63) is 21.9 Å². The van der Waals surface area contributed by atoms with E-state index in [1.165, 1.54) is 11.3 Å². The molecule has 0 saturated carbocycles. The van der Waals surface area contributed by atoms with E-state index in [1.807, 2.05) is 20.8 Å². The lowest BCUT2D eigenvalue weighted by atomic mass is 10.2. The van der Waals surface area contributed by atoms with E-state index in [1.54, 1.807) is 19.1 Å². The van der Waals surface area contributed by atoms with Gasteiger partial charge in [0.15, 0.2) is 0 Å². The molecule has 0 spiro atoms. The summed E-state index contributed by atoms with van der Waals surface area (Å²) in [5.41, 5.74) is 0.348. The predicted octanol–water partition coefficient (Wildman–Crippen LogP) is 2.99. The molecule has 88 valence electrons. The molecule has 0 bridgehead atoms. The van der Waals surface area contributed by atoms with Crippen molar-refractivity contribution in [1.29, 1.82) is 0 Å². The monoisotopic (exact) mass is 241 g/mol. The Kier molecular flexibility index (Phi) is 3.70. The first kappa shape index (κ1) is 12.7. The molecule has 0 radical (unpaired) electrons. The fourth-order valence-corrected chi connectivity index (χ4v) is 1.68. The van der Waals surface area contributed by atoms with Crippen LogP contribution in [0.4, 0.5) is 0 Å². The highest BCUT2D eigenvalue weighted by atomic mass is 32.1. The second-order valence-electron chi connectivity index (χ2n) is 4.35. The van der Waals surface area contributed by atoms with Crippen molar-refractivity contribution >= 4 is 23.0 Å². The van der Waals surface area contributed by atoms with Crippen LogP contribution in [0.25, 0.3) is 0 Å². The molecule has 4 nitrogen and oxygen atoms in total. The number of aromatic carboxylic acids is 1. The molecule has 16 heavy (non-hydrogen) atoms. The van der Waals surface area contributed by atoms with Crippen LogP contribution in [-0.4, -0.2) is 22.4 Å². The van der Waals surface area contributed by atoms with Crippen molar-refractivity contribution in [1.82, 2.24) is 0 Å². The van der Waals surface area contributed by atoms with Gasteiger partial charge in [0, 0.05) is 0 Å². The fourth-order valence-electron chi connectivity index (χ4n) is 0.898. The summed E-state index contributed by atoms with van der Waals surface area (Å²) >= 11 is 1.19. The van der Waals surface area contributed by atoms with Gasteiger partial charge in [0.25, 0.3) is 0 Å². The summed E-state index contributed by atoms with van der Waals surface area (Å²) in [5.74, 6) is -0.916. The van der Waals surface area contributed by atoms with Gasteiger partial charge in [-0.15, -0.1) is 11.3 Å². The number of carboxylic acids is 1. The third kappa shape index (κ3) is 3.66. The minimum Gasteiger partial charge on any atom is -0.477 e. The Hall–Kier alpha value is -1.36. The van der Waals surface area contributed by atoms with Gasteiger partial charge in [-0.1, -0.05) is 5.16 Å². The van der Waals surface area contributed by atoms with Crippen molar-refractivity contribution in [2.45, 2.75) is 33.3 Å². The molecule has 0 unspecified atom stereocenters. The van der Waals surface area contributed by atoms with Crippen LogP contribution in [0.1, 0.15) is 42.2 Å². The minimum atomic E-state index is -0.916. The van der Waals surface area contributed by atoms with Crippen LogP contribution in [-0.2, 0) is 4.84 Å². The Balaban J connectivity index is 2.80. The molecule has 1 heterocycles. The largest absolute Gasteiger partial charge is 0.477 e. The molecule has 0 aliphatic heterocycles. The summed E-state index contributed by atoms with van der Waals surface area (Å²) < 4.78 is 0. The number of rotatable bonds is 3. The van der Waals surface area contributed by atoms with E-state index in [0.29, 0.717) is 10.6 Å². The fraction of sp³-hybridized carbons (Fsp3) is 0.455. The quantitative estimate of drug-likeness (QED) is 0.653. The van der Waals surface area contributed by atoms with Crippen molar-refractivity contribution in [2.24, 2.45) is 5.16 Å². The van der Waals surface area contributed by atoms with Gasteiger partial charge in [0.05, 0.1) is 10.6 Å². The molecule has 5 heteroatoms. The molecule has 0 aromatic carbocycles. The normalized spacial score (nSPS) is 12.6. The first-order valence-corrected chi connectivity index (χ1v) is 5.67. The molecule has 0 saturated heterocycles. The molecule has 1 aromatic heterocycles. The van der Waals surface area contributed by atoms with Gasteiger partial charge >= 0.3 is 5.97 Å². The number of oxime groups is 1. The highest BCUT2D eigenvalue weighted by Crippen LogP contribution is 2.18. The first-order valence-electron chi connectivity index (χ1n) is 4.86. The predicted molar refractivity (Wildman–Crippen MR) is 64.3 cm³/mol. The highest BCUT2D eigenvalue weighted by Gasteiger charge is 2.12. The van der Waals surface area contributed by atoms with Crippen molar-refractivity contribution in [2.75, 3.05) is 0 Å². The van der Waals surface area contributed by atoms with Gasteiger partial charge < -0.3 is 9.94 Å². The average molecular weight is 241 g/mol. The van der Waals surface area contributed by atoms with E-state index in [-0.39, 0.29) is 5.60 Å². The van der Waals surface area contributed by atoms with Crippen molar-refractivity contribution in [3.8, 4) is 0 Å². The Labute approximate surface area is 98.5 Å². The van der Waals surface area contributed by atoms with Crippen LogP contribution >= 0.6 is 11.3 Å². The average Bonchev–Trinajstić information content (AvgIpc) is 2.61. The molecular weight excluding hydrogens is 226 g/mol. The Morgan fingerprint density at radius 1 is 1.38 bits per heavy atom. The maximum absolute atomic E-state index is 10.7. The van der Waals surface area contributed by atoms with Gasteiger partial charge in [-0.05, 0) is 39.8 Å². The van der Waals surface area contributed by atoms with Crippen LogP contribution in [0, 0.1) is 0 Å². The molecule has 0 aliphatic carbocycles. The number of carboxylic acid groups (broad SMARTS) is 1. The molecule has 0 amide bonds. The Morgan fingerprint density at radius 2 is 1.94 bits per heavy atom. The lowest BCUT2D eigenvalue weighted by Gasteiger charge is -2.15. The zero-order valence-electron chi connectivity index (χ0n) is 9.77. The summed E-state index contributed by atoms with van der Waals surface area (Å²) in [5, 5.41) is 12.8. The summed E-state index contributed by atoms with van der Waals surface area (Å²) in [6.45, 7) is 7.51. The molecular formula is C11H15NO3S. The standard InChI is InChI=1S/C11H15NO3S/c1-7(12-15-11(2,3)4)8-5-6-9(16-8)10(13)14/h5-6H,1-4H3,(H,13,14)/b12-7-. The highest BCUT2D eigenvalue weighted by molar-refractivity contribution is 7.15. The maximum Gasteiger partial charge on any atom is 0.345 e. The number of nitrogens with zero attached hydrogens (tertiary/aromatic N) is 1. The summed E-state index contributed by atoms with van der Waals surface area (Å²) in [6, 6.07) is 3.30. The van der Waals surface area contributed by atoms with Gasteiger partial charge in [-0.3, -0.25) is 0 Å². The Bertz CT molecular complexity index is 415. The Morgan fingerprint density at radius 3 is 2.38 bits per heavy atom. The molecule has 0 aliphatic rings. The van der Waals surface area contributed by atoms with Gasteiger partial charge in [-0.25, -0.2) is 4.79 Å². The van der Waals surface area contributed by atoms with Crippen molar-refractivity contribution < 1.29 is 14.7 Å². The van der Waals surface area contributed by atoms with Gasteiger partial charge in [-0.2, -0.15) is 0 Å². The van der Waals surface area contributed by atoms with E-state index in [2.05, 4.69) is 5.16 Å². The summed E-state index contributed by atoms with van der Waals surface area (Å²) in [7, 11) is 0. The minimum absolute atomic E-state index is 0.306. The van der Waals surface area contributed by atoms with E-state index in [9.17, 15) is 4.79 Å². The lowest BCUT2D eigenvalue weighted by Crippen LogP contribution is -2.16. The van der Waals surface area contributed by atoms with Gasteiger partial charge in [0.2, 0.25) is 0 Å². The van der Waals surface area contributed by atoms with Crippen LogP contribution in [0.5, 0.6) is 0 Å². The molecule has 1 N–H and O–H groups in total. The summed E-state index contributed by atoms with van der Waals surface area (Å²) in [6.07, 6.45) is 0. The summed E-state index contributed by atoms with van der Waals surface area (Å²) in [4.78, 5) is 17.1. The number of hydrogen-bond acceptors (Lipinski definition) is 4. The zero-order valence-corrected chi connectivity index (χ0v) is 10.6. The van der Waals surface area contributed by atoms with Crippen LogP contribution in [0.3, 0.4) is 0 Å². The SMILES string of the molecule is C/C(=N/OC(C)(C)C)c1ccc(C(=O)O)s1. The molecule has 0 fully saturated rings. The zero-order chi connectivity index (χ0) is 12.3. The van der Waals surface area contributed by atoms with Crippen LogP contribution in [0.15, 0.2) is 17.3 Å². The van der Waals surface area contributed by atoms with Gasteiger partial charge in [0.1, 0.15) is 10.5 Å². The van der Waals surface area contributed by atoms with E-state index in [4.69, 9.17) is 9.94 Å². The van der Waals surface area contributed by atoms with E-state index in [0.717, 1.165) is 4.88 Å². The first-order chi connectivity index (χ1) is 7.29. The topological polar surface area (TPSA) is 58.9 Å². The van der Waals surface area contributed by atoms with Crippen LogP contribution < -0.4 is 0 Å². The maximum atomic E-state index is 10.7. The second-order valence-corrected chi connectivity index (χ2v) is 5.43. The van der Waals surface area contributed by atoms with Crippen LogP contribution in [0.2, 0.25) is 0 Å². The molecule has 0 atom stereocenters. The van der Waals surface area contributed by atoms with E-state index >= 15 is 0 Å². The third-order valence-corrected chi connectivity index (χ3v) is 2.81.